The number of anilines is 1. The highest BCUT2D eigenvalue weighted by Crippen LogP contribution is 2.22. The average molecular weight is 439 g/mol. The molecule has 1 aromatic heterocycles. The number of hydrogen-bond donors (Lipinski definition) is 1. The van der Waals surface area contributed by atoms with Crippen LogP contribution >= 0.6 is 11.6 Å². The van der Waals surface area contributed by atoms with E-state index in [2.05, 4.69) is 15.2 Å². The first-order chi connectivity index (χ1) is 15.1. The first-order valence-corrected chi connectivity index (χ1v) is 10.9. The predicted molar refractivity (Wildman–Crippen MR) is 125 cm³/mol. The van der Waals surface area contributed by atoms with Gasteiger partial charge in [-0.2, -0.15) is 0 Å². The molecule has 0 spiro atoms. The summed E-state index contributed by atoms with van der Waals surface area (Å²) in [6, 6.07) is 17.5. The van der Waals surface area contributed by atoms with Gasteiger partial charge in [0.2, 0.25) is 0 Å². The third-order valence-corrected chi connectivity index (χ3v) is 5.78. The zero-order valence-electron chi connectivity index (χ0n) is 17.7. The van der Waals surface area contributed by atoms with Gasteiger partial charge in [0, 0.05) is 42.8 Å². The summed E-state index contributed by atoms with van der Waals surface area (Å²) in [5, 5.41) is 4.47. The summed E-state index contributed by atoms with van der Waals surface area (Å²) in [4.78, 5) is 21.8. The molecule has 2 aromatic carbocycles. The van der Waals surface area contributed by atoms with E-state index in [9.17, 15) is 4.79 Å². The highest BCUT2D eigenvalue weighted by atomic mass is 35.5. The van der Waals surface area contributed by atoms with E-state index in [4.69, 9.17) is 16.3 Å². The molecule has 0 unspecified atom stereocenters. The number of para-hydroxylation sites is 1. The number of ether oxygens (including phenoxy) is 1. The number of aromatic nitrogens is 1. The van der Waals surface area contributed by atoms with Crippen molar-refractivity contribution in [3.05, 3.63) is 70.9 Å². The highest BCUT2D eigenvalue weighted by Gasteiger charge is 2.19. The molecule has 2 amide bonds. The van der Waals surface area contributed by atoms with Crippen molar-refractivity contribution in [2.75, 3.05) is 44.7 Å². The normalized spacial score (nSPS) is 14.5. The van der Waals surface area contributed by atoms with Crippen LogP contribution in [0.5, 0.6) is 0 Å². The summed E-state index contributed by atoms with van der Waals surface area (Å²) < 4.78 is 5.44. The van der Waals surface area contributed by atoms with E-state index in [0.29, 0.717) is 18.2 Å². The first-order valence-electron chi connectivity index (χ1n) is 10.6. The Kier molecular flexibility index (Phi) is 7.02. The van der Waals surface area contributed by atoms with Crippen LogP contribution in [0.2, 0.25) is 5.15 Å². The third-order valence-electron chi connectivity index (χ3n) is 5.46. The van der Waals surface area contributed by atoms with Crippen molar-refractivity contribution in [3.8, 4) is 0 Å². The van der Waals surface area contributed by atoms with Gasteiger partial charge in [-0.25, -0.2) is 9.78 Å². The molecule has 3 aromatic rings. The molecule has 1 aliphatic rings. The van der Waals surface area contributed by atoms with Gasteiger partial charge in [-0.1, -0.05) is 41.9 Å². The SMILES string of the molecule is Cc1cccc(NC(=O)N(CCN2CCOCC2)Cc2cc3ccccc3nc2Cl)c1. The van der Waals surface area contributed by atoms with E-state index in [-0.39, 0.29) is 6.03 Å². The Hall–Kier alpha value is -2.67. The molecule has 2 heterocycles. The lowest BCUT2D eigenvalue weighted by atomic mass is 10.1. The second-order valence-electron chi connectivity index (χ2n) is 7.81. The third kappa shape index (κ3) is 5.73. The molecule has 0 bridgehead atoms. The Morgan fingerprint density at radius 2 is 1.97 bits per heavy atom. The van der Waals surface area contributed by atoms with Gasteiger partial charge in [0.1, 0.15) is 5.15 Å². The van der Waals surface area contributed by atoms with Gasteiger partial charge >= 0.3 is 6.03 Å². The second kappa shape index (κ2) is 10.1. The number of amides is 2. The Labute approximate surface area is 187 Å². The Balaban J connectivity index is 1.53. The first kappa shape index (κ1) is 21.6. The largest absolute Gasteiger partial charge is 0.379 e. The van der Waals surface area contributed by atoms with Crippen molar-refractivity contribution in [2.45, 2.75) is 13.5 Å². The van der Waals surface area contributed by atoms with E-state index in [0.717, 1.165) is 60.6 Å². The zero-order valence-corrected chi connectivity index (χ0v) is 18.4. The van der Waals surface area contributed by atoms with Gasteiger partial charge in [0.15, 0.2) is 0 Å². The van der Waals surface area contributed by atoms with E-state index in [1.54, 1.807) is 4.90 Å². The maximum atomic E-state index is 13.2. The number of hydrogen-bond acceptors (Lipinski definition) is 4. The number of carbonyl (C=O) groups excluding carboxylic acids is 1. The predicted octanol–water partition coefficient (Wildman–Crippen LogP) is 4.56. The smallest absolute Gasteiger partial charge is 0.322 e. The Morgan fingerprint density at radius 1 is 1.16 bits per heavy atom. The summed E-state index contributed by atoms with van der Waals surface area (Å²) in [6.07, 6.45) is 0. The number of morpholine rings is 1. The van der Waals surface area contributed by atoms with Gasteiger partial charge in [-0.05, 0) is 36.8 Å². The maximum absolute atomic E-state index is 13.2. The molecule has 0 atom stereocenters. The Bertz CT molecular complexity index is 1050. The van der Waals surface area contributed by atoms with Gasteiger partial charge in [-0.3, -0.25) is 4.90 Å². The second-order valence-corrected chi connectivity index (χ2v) is 8.16. The molecule has 0 aliphatic carbocycles. The van der Waals surface area contributed by atoms with Crippen molar-refractivity contribution in [1.29, 1.82) is 0 Å². The summed E-state index contributed by atoms with van der Waals surface area (Å²) in [7, 11) is 0. The topological polar surface area (TPSA) is 57.7 Å². The van der Waals surface area contributed by atoms with Gasteiger partial charge in [0.05, 0.1) is 25.3 Å². The molecule has 31 heavy (non-hydrogen) atoms. The molecule has 0 saturated carbocycles. The van der Waals surface area contributed by atoms with Crippen LogP contribution in [0, 0.1) is 6.92 Å². The van der Waals surface area contributed by atoms with Crippen LogP contribution in [-0.4, -0.2) is 60.2 Å². The fourth-order valence-electron chi connectivity index (χ4n) is 3.72. The monoisotopic (exact) mass is 438 g/mol. The lowest BCUT2D eigenvalue weighted by molar-refractivity contribution is 0.0349. The van der Waals surface area contributed by atoms with E-state index in [1.807, 2.05) is 61.5 Å². The van der Waals surface area contributed by atoms with Crippen LogP contribution in [0.15, 0.2) is 54.6 Å². The molecule has 1 saturated heterocycles. The van der Waals surface area contributed by atoms with Crippen LogP contribution in [0.1, 0.15) is 11.1 Å². The van der Waals surface area contributed by atoms with Gasteiger partial charge in [0.25, 0.3) is 0 Å². The molecule has 162 valence electrons. The minimum absolute atomic E-state index is 0.150. The number of urea groups is 1. The van der Waals surface area contributed by atoms with E-state index >= 15 is 0 Å². The number of nitrogens with one attached hydrogen (secondary N) is 1. The molecule has 6 nitrogen and oxygen atoms in total. The van der Waals surface area contributed by atoms with Crippen molar-refractivity contribution in [3.63, 3.8) is 0 Å². The van der Waals surface area contributed by atoms with Crippen LogP contribution in [0.25, 0.3) is 10.9 Å². The van der Waals surface area contributed by atoms with E-state index in [1.165, 1.54) is 0 Å². The number of halogens is 1. The minimum Gasteiger partial charge on any atom is -0.379 e. The zero-order chi connectivity index (χ0) is 21.6. The van der Waals surface area contributed by atoms with Crippen LogP contribution in [-0.2, 0) is 11.3 Å². The molecule has 0 radical (unpaired) electrons. The lowest BCUT2D eigenvalue weighted by Gasteiger charge is -2.30. The van der Waals surface area contributed by atoms with Crippen LogP contribution < -0.4 is 5.32 Å². The number of pyridine rings is 1. The van der Waals surface area contributed by atoms with Crippen LogP contribution in [0.3, 0.4) is 0 Å². The minimum atomic E-state index is -0.150. The van der Waals surface area contributed by atoms with Crippen molar-refractivity contribution in [1.82, 2.24) is 14.8 Å². The number of benzene rings is 2. The van der Waals surface area contributed by atoms with Gasteiger partial charge < -0.3 is 15.0 Å². The van der Waals surface area contributed by atoms with Gasteiger partial charge in [-0.15, -0.1) is 0 Å². The summed E-state index contributed by atoms with van der Waals surface area (Å²) in [5.41, 5.74) is 3.56. The number of fused-ring (bicyclic) bond motifs is 1. The summed E-state index contributed by atoms with van der Waals surface area (Å²) in [5.74, 6) is 0. The molecule has 1 N–H and O–H groups in total. The van der Waals surface area contributed by atoms with Crippen LogP contribution in [0.4, 0.5) is 10.5 Å². The fraction of sp³-hybridized carbons (Fsp3) is 0.333. The number of carbonyl (C=O) groups is 1. The quantitative estimate of drug-likeness (QED) is 0.573. The van der Waals surface area contributed by atoms with Crippen molar-refractivity contribution in [2.24, 2.45) is 0 Å². The van der Waals surface area contributed by atoms with E-state index < -0.39 is 0 Å². The number of nitrogens with zero attached hydrogens (tertiary/aromatic N) is 3. The van der Waals surface area contributed by atoms with Crippen molar-refractivity contribution < 1.29 is 9.53 Å². The molecule has 4 rings (SSSR count). The standard InChI is InChI=1S/C24H27ClN4O2/c1-18-5-4-7-21(15-18)26-24(30)29(10-9-28-11-13-31-14-12-28)17-20-16-19-6-2-3-8-22(19)27-23(20)25/h2-8,15-16H,9-14,17H2,1H3,(H,26,30). The van der Waals surface area contributed by atoms with Crippen molar-refractivity contribution >= 4 is 34.2 Å². The molecule has 1 fully saturated rings. The molecular weight excluding hydrogens is 412 g/mol. The number of aryl methyl sites for hydroxylation is 1. The average Bonchev–Trinajstić information content (AvgIpc) is 2.77. The fourth-order valence-corrected chi connectivity index (χ4v) is 3.92. The summed E-state index contributed by atoms with van der Waals surface area (Å²) >= 11 is 6.49. The molecular formula is C24H27ClN4O2. The molecule has 7 heteroatoms. The molecule has 1 aliphatic heterocycles. The maximum Gasteiger partial charge on any atom is 0.322 e. The lowest BCUT2D eigenvalue weighted by Crippen LogP contribution is -2.44. The Morgan fingerprint density at radius 3 is 2.77 bits per heavy atom. The number of rotatable bonds is 6. The highest BCUT2D eigenvalue weighted by molar-refractivity contribution is 6.30. The summed E-state index contributed by atoms with van der Waals surface area (Å²) in [6.45, 7) is 6.98.